The number of hydrogen-bond donors (Lipinski definition) is 0. The van der Waals surface area contributed by atoms with Crippen molar-refractivity contribution in [3.05, 3.63) is 53.2 Å². The number of anilines is 1. The SMILES string of the molecule is CCN(C)c1c(-c2cc(C)cc(C)c2)nc2cccc(C)n12. The van der Waals surface area contributed by atoms with Crippen molar-refractivity contribution < 1.29 is 0 Å². The molecule has 0 amide bonds. The van der Waals surface area contributed by atoms with E-state index in [0.717, 1.165) is 17.9 Å². The van der Waals surface area contributed by atoms with Gasteiger partial charge < -0.3 is 4.90 Å². The predicted octanol–water partition coefficient (Wildman–Crippen LogP) is 4.38. The van der Waals surface area contributed by atoms with Gasteiger partial charge in [0.1, 0.15) is 17.2 Å². The van der Waals surface area contributed by atoms with E-state index < -0.39 is 0 Å². The second-order valence-electron chi connectivity index (χ2n) is 6.04. The summed E-state index contributed by atoms with van der Waals surface area (Å²) in [5.41, 5.74) is 7.00. The lowest BCUT2D eigenvalue weighted by Gasteiger charge is -2.19. The average molecular weight is 293 g/mol. The monoisotopic (exact) mass is 293 g/mol. The number of hydrogen-bond acceptors (Lipinski definition) is 2. The van der Waals surface area contributed by atoms with Gasteiger partial charge in [0.15, 0.2) is 0 Å². The summed E-state index contributed by atoms with van der Waals surface area (Å²) < 4.78 is 2.25. The van der Waals surface area contributed by atoms with E-state index in [9.17, 15) is 0 Å². The topological polar surface area (TPSA) is 20.5 Å². The van der Waals surface area contributed by atoms with Crippen molar-refractivity contribution >= 4 is 11.5 Å². The molecular weight excluding hydrogens is 270 g/mol. The van der Waals surface area contributed by atoms with E-state index in [0.29, 0.717) is 0 Å². The van der Waals surface area contributed by atoms with Gasteiger partial charge in [-0.15, -0.1) is 0 Å². The van der Waals surface area contributed by atoms with E-state index in [-0.39, 0.29) is 0 Å². The molecule has 3 nitrogen and oxygen atoms in total. The Morgan fingerprint density at radius 3 is 2.36 bits per heavy atom. The van der Waals surface area contributed by atoms with Crippen LogP contribution in [0.1, 0.15) is 23.7 Å². The predicted molar refractivity (Wildman–Crippen MR) is 93.8 cm³/mol. The summed E-state index contributed by atoms with van der Waals surface area (Å²) in [7, 11) is 2.13. The molecule has 22 heavy (non-hydrogen) atoms. The van der Waals surface area contributed by atoms with Gasteiger partial charge in [-0.05, 0) is 52.0 Å². The number of rotatable bonds is 3. The maximum Gasteiger partial charge on any atom is 0.141 e. The Morgan fingerprint density at radius 2 is 1.73 bits per heavy atom. The van der Waals surface area contributed by atoms with Gasteiger partial charge >= 0.3 is 0 Å². The minimum absolute atomic E-state index is 0.944. The molecule has 114 valence electrons. The molecule has 2 aromatic heterocycles. The second-order valence-corrected chi connectivity index (χ2v) is 6.04. The molecule has 0 saturated carbocycles. The number of imidazole rings is 1. The molecule has 0 aliphatic heterocycles. The molecule has 0 N–H and O–H groups in total. The van der Waals surface area contributed by atoms with Crippen LogP contribution in [0.25, 0.3) is 16.9 Å². The van der Waals surface area contributed by atoms with E-state index >= 15 is 0 Å². The summed E-state index contributed by atoms with van der Waals surface area (Å²) in [4.78, 5) is 7.18. The first-order valence-corrected chi connectivity index (χ1v) is 7.79. The van der Waals surface area contributed by atoms with E-state index in [2.05, 4.69) is 80.4 Å². The standard InChI is InChI=1S/C19H23N3/c1-6-21(5)19-18(16-11-13(2)10-14(3)12-16)20-17-9-7-8-15(4)22(17)19/h7-12H,6H2,1-5H3. The van der Waals surface area contributed by atoms with E-state index in [4.69, 9.17) is 4.98 Å². The molecular formula is C19H23N3. The van der Waals surface area contributed by atoms with Gasteiger partial charge in [-0.3, -0.25) is 4.40 Å². The molecule has 0 aliphatic rings. The first-order valence-electron chi connectivity index (χ1n) is 7.79. The highest BCUT2D eigenvalue weighted by atomic mass is 15.2. The molecule has 2 heterocycles. The normalized spacial score (nSPS) is 11.1. The smallest absolute Gasteiger partial charge is 0.141 e. The van der Waals surface area contributed by atoms with Gasteiger partial charge in [0.2, 0.25) is 0 Å². The van der Waals surface area contributed by atoms with Gasteiger partial charge in [0.05, 0.1) is 0 Å². The van der Waals surface area contributed by atoms with Gasteiger partial charge in [0, 0.05) is 24.8 Å². The molecule has 0 saturated heterocycles. The Balaban J connectivity index is 2.35. The van der Waals surface area contributed by atoms with Crippen molar-refractivity contribution in [2.75, 3.05) is 18.5 Å². The molecule has 0 radical (unpaired) electrons. The average Bonchev–Trinajstić information content (AvgIpc) is 2.86. The summed E-state index contributed by atoms with van der Waals surface area (Å²) in [6, 6.07) is 12.9. The van der Waals surface area contributed by atoms with Crippen molar-refractivity contribution in [2.45, 2.75) is 27.7 Å². The first-order chi connectivity index (χ1) is 10.5. The summed E-state index contributed by atoms with van der Waals surface area (Å²) in [6.45, 7) is 9.53. The quantitative estimate of drug-likeness (QED) is 0.714. The summed E-state index contributed by atoms with van der Waals surface area (Å²) in [6.07, 6.45) is 0. The summed E-state index contributed by atoms with van der Waals surface area (Å²) in [5, 5.41) is 0. The van der Waals surface area contributed by atoms with Crippen molar-refractivity contribution in [1.29, 1.82) is 0 Å². The molecule has 0 bridgehead atoms. The molecule has 0 aliphatic carbocycles. The molecule has 3 rings (SSSR count). The highest BCUT2D eigenvalue weighted by molar-refractivity contribution is 5.78. The lowest BCUT2D eigenvalue weighted by atomic mass is 10.0. The number of nitrogens with zero attached hydrogens (tertiary/aromatic N) is 3. The minimum atomic E-state index is 0.944. The molecule has 0 atom stereocenters. The summed E-state index contributed by atoms with van der Waals surface area (Å²) >= 11 is 0. The largest absolute Gasteiger partial charge is 0.359 e. The minimum Gasteiger partial charge on any atom is -0.359 e. The molecule has 3 heteroatoms. The van der Waals surface area contributed by atoms with E-state index in [1.807, 2.05) is 0 Å². The van der Waals surface area contributed by atoms with Crippen LogP contribution < -0.4 is 4.90 Å². The van der Waals surface area contributed by atoms with Gasteiger partial charge in [-0.1, -0.05) is 23.3 Å². The van der Waals surface area contributed by atoms with Crippen LogP contribution in [-0.2, 0) is 0 Å². The van der Waals surface area contributed by atoms with Gasteiger partial charge in [-0.2, -0.15) is 0 Å². The fourth-order valence-corrected chi connectivity index (χ4v) is 3.04. The number of benzene rings is 1. The molecule has 0 unspecified atom stereocenters. The van der Waals surface area contributed by atoms with Crippen LogP contribution >= 0.6 is 0 Å². The maximum atomic E-state index is 4.92. The number of aryl methyl sites for hydroxylation is 3. The Kier molecular flexibility index (Phi) is 3.65. The van der Waals surface area contributed by atoms with Crippen molar-refractivity contribution in [2.24, 2.45) is 0 Å². The zero-order valence-electron chi connectivity index (χ0n) is 14.0. The van der Waals surface area contributed by atoms with E-state index in [1.54, 1.807) is 0 Å². The fraction of sp³-hybridized carbons (Fsp3) is 0.316. The number of aromatic nitrogens is 2. The van der Waals surface area contributed by atoms with Crippen LogP contribution in [-0.4, -0.2) is 23.0 Å². The van der Waals surface area contributed by atoms with Crippen molar-refractivity contribution in [3.8, 4) is 11.3 Å². The Morgan fingerprint density at radius 1 is 1.05 bits per heavy atom. The molecule has 3 aromatic rings. The third-order valence-corrected chi connectivity index (χ3v) is 4.15. The van der Waals surface area contributed by atoms with Gasteiger partial charge in [-0.25, -0.2) is 4.98 Å². The first kappa shape index (κ1) is 14.6. The Hall–Kier alpha value is -2.29. The van der Waals surface area contributed by atoms with Crippen LogP contribution in [0.4, 0.5) is 5.82 Å². The highest BCUT2D eigenvalue weighted by Crippen LogP contribution is 2.33. The van der Waals surface area contributed by atoms with E-state index in [1.165, 1.54) is 28.2 Å². The molecule has 1 aromatic carbocycles. The second kappa shape index (κ2) is 5.48. The Labute approximate surface area is 132 Å². The lowest BCUT2D eigenvalue weighted by Crippen LogP contribution is -2.19. The van der Waals surface area contributed by atoms with Crippen LogP contribution in [0.2, 0.25) is 0 Å². The molecule has 0 spiro atoms. The third kappa shape index (κ3) is 2.37. The van der Waals surface area contributed by atoms with Crippen LogP contribution in [0.15, 0.2) is 36.4 Å². The van der Waals surface area contributed by atoms with Crippen molar-refractivity contribution in [3.63, 3.8) is 0 Å². The number of fused-ring (bicyclic) bond motifs is 1. The Bertz CT molecular complexity index is 810. The lowest BCUT2D eigenvalue weighted by molar-refractivity contribution is 0.916. The van der Waals surface area contributed by atoms with Crippen LogP contribution in [0, 0.1) is 20.8 Å². The highest BCUT2D eigenvalue weighted by Gasteiger charge is 2.18. The zero-order chi connectivity index (χ0) is 15.9. The molecule has 0 fully saturated rings. The van der Waals surface area contributed by atoms with Crippen LogP contribution in [0.3, 0.4) is 0 Å². The number of pyridine rings is 1. The van der Waals surface area contributed by atoms with Gasteiger partial charge in [0.25, 0.3) is 0 Å². The van der Waals surface area contributed by atoms with Crippen molar-refractivity contribution in [1.82, 2.24) is 9.38 Å². The van der Waals surface area contributed by atoms with Crippen LogP contribution in [0.5, 0.6) is 0 Å². The zero-order valence-corrected chi connectivity index (χ0v) is 14.0. The summed E-state index contributed by atoms with van der Waals surface area (Å²) in [5.74, 6) is 1.17. The maximum absolute atomic E-state index is 4.92. The fourth-order valence-electron chi connectivity index (χ4n) is 3.04. The third-order valence-electron chi connectivity index (χ3n) is 4.15.